The molecule has 0 atom stereocenters. The minimum atomic E-state index is 0.291. The molecule has 0 amide bonds. The molecule has 1 aromatic heterocycles. The molecule has 45 valence electrons. The van der Waals surface area contributed by atoms with Gasteiger partial charge in [0.25, 0.3) is 0 Å². The predicted molar refractivity (Wildman–Crippen MR) is 31.8 cm³/mol. The van der Waals surface area contributed by atoms with Gasteiger partial charge in [-0.05, 0) is 0 Å². The minimum Gasteiger partial charge on any atom is -0.255 e. The molecule has 9 heavy (non-hydrogen) atoms. The average Bonchev–Trinajstić information content (AvgIpc) is 2.15. The van der Waals surface area contributed by atoms with Crippen molar-refractivity contribution in [1.29, 1.82) is 5.26 Å². The van der Waals surface area contributed by atoms with Crippen LogP contribution in [0.3, 0.4) is 0 Å². The molecule has 0 bridgehead atoms. The summed E-state index contributed by atoms with van der Waals surface area (Å²) in [5.41, 5.74) is 0.291. The second kappa shape index (κ2) is 2.08. The minimum absolute atomic E-state index is 0.291. The number of hydrogen-bond donors (Lipinski definition) is 0. The Balaban J connectivity index is 3.24. The smallest absolute Gasteiger partial charge is 0.145 e. The molecule has 1 rings (SSSR count). The molecule has 1 aromatic rings. The molecule has 0 N–H and O–H groups in total. The van der Waals surface area contributed by atoms with Crippen LogP contribution in [0.4, 0.5) is 0 Å². The summed E-state index contributed by atoms with van der Waals surface area (Å²) in [6, 6.07) is 1.85. The first kappa shape index (κ1) is 6.12. The van der Waals surface area contributed by atoms with Crippen LogP contribution in [0.5, 0.6) is 0 Å². The number of hydrogen-bond acceptors (Lipinski definition) is 2. The Hall–Kier alpha value is -1.01. The lowest BCUT2D eigenvalue weighted by atomic mass is 10.4. The van der Waals surface area contributed by atoms with Crippen LogP contribution >= 0.6 is 11.6 Å². The predicted octanol–water partition coefficient (Wildman–Crippen LogP) is 0.745. The lowest BCUT2D eigenvalue weighted by Gasteiger charge is -1.86. The van der Waals surface area contributed by atoms with Crippen LogP contribution in [-0.2, 0) is 7.05 Å². The van der Waals surface area contributed by atoms with E-state index >= 15 is 0 Å². The summed E-state index contributed by atoms with van der Waals surface area (Å²) in [7, 11) is 1.65. The largest absolute Gasteiger partial charge is 0.255 e. The van der Waals surface area contributed by atoms with Crippen molar-refractivity contribution in [2.75, 3.05) is 0 Å². The van der Waals surface area contributed by atoms with Crippen molar-refractivity contribution in [2.24, 2.45) is 7.05 Å². The first-order chi connectivity index (χ1) is 4.25. The summed E-state index contributed by atoms with van der Waals surface area (Å²) in [6.45, 7) is 0. The summed E-state index contributed by atoms with van der Waals surface area (Å²) in [4.78, 5) is 0. The van der Waals surface area contributed by atoms with Gasteiger partial charge in [0.2, 0.25) is 0 Å². The third-order valence-corrected chi connectivity index (χ3v) is 1.35. The van der Waals surface area contributed by atoms with Crippen LogP contribution in [0.25, 0.3) is 0 Å². The summed E-state index contributed by atoms with van der Waals surface area (Å²) in [5, 5.41) is 12.3. The van der Waals surface area contributed by atoms with E-state index in [0.29, 0.717) is 10.7 Å². The first-order valence-corrected chi connectivity index (χ1v) is 2.63. The maximum atomic E-state index is 8.31. The highest BCUT2D eigenvalue weighted by atomic mass is 35.5. The normalized spacial score (nSPS) is 9.00. The molecule has 0 aliphatic heterocycles. The van der Waals surface area contributed by atoms with E-state index < -0.39 is 0 Å². The summed E-state index contributed by atoms with van der Waals surface area (Å²) >= 11 is 5.56. The fourth-order valence-corrected chi connectivity index (χ4v) is 0.570. The first-order valence-electron chi connectivity index (χ1n) is 2.26. The second-order valence-electron chi connectivity index (χ2n) is 1.51. The van der Waals surface area contributed by atoms with Crippen LogP contribution in [0.2, 0.25) is 5.15 Å². The van der Waals surface area contributed by atoms with Gasteiger partial charge in [-0.2, -0.15) is 10.4 Å². The summed E-state index contributed by atoms with van der Waals surface area (Å²) in [5.74, 6) is 0. The molecule has 0 unspecified atom stereocenters. The molecule has 1 heterocycles. The zero-order valence-corrected chi connectivity index (χ0v) is 5.48. The van der Waals surface area contributed by atoms with Gasteiger partial charge in [0.1, 0.15) is 23.0 Å². The van der Waals surface area contributed by atoms with E-state index in [1.165, 1.54) is 4.68 Å². The van der Waals surface area contributed by atoms with Gasteiger partial charge in [0.15, 0.2) is 0 Å². The number of halogens is 1. The number of nitriles is 1. The Morgan fingerprint density at radius 2 is 2.56 bits per heavy atom. The molecule has 0 fully saturated rings. The Morgan fingerprint density at radius 3 is 2.78 bits per heavy atom. The molecule has 0 aromatic carbocycles. The third-order valence-electron chi connectivity index (χ3n) is 0.914. The fourth-order valence-electron chi connectivity index (χ4n) is 0.448. The van der Waals surface area contributed by atoms with Crippen molar-refractivity contribution in [3.8, 4) is 6.07 Å². The van der Waals surface area contributed by atoms with E-state index in [1.54, 1.807) is 7.05 Å². The highest BCUT2D eigenvalue weighted by Gasteiger charge is 2.02. The maximum Gasteiger partial charge on any atom is 0.145 e. The van der Waals surface area contributed by atoms with Gasteiger partial charge in [-0.25, -0.2) is 0 Å². The number of aromatic nitrogens is 2. The van der Waals surface area contributed by atoms with E-state index in [4.69, 9.17) is 16.9 Å². The molecule has 1 radical (unpaired) electrons. The van der Waals surface area contributed by atoms with E-state index in [0.717, 1.165) is 0 Å². The van der Waals surface area contributed by atoms with Gasteiger partial charge < -0.3 is 0 Å². The topological polar surface area (TPSA) is 41.6 Å². The number of nitrogens with zero attached hydrogens (tertiary/aromatic N) is 3. The zero-order chi connectivity index (χ0) is 6.85. The standard InChI is InChI=1S/C5H3ClN3/c1-9-5(6)4(2-7)3-8-9/h1H3. The van der Waals surface area contributed by atoms with Crippen molar-refractivity contribution >= 4 is 11.6 Å². The monoisotopic (exact) mass is 140 g/mol. The summed E-state index contributed by atoms with van der Waals surface area (Å²) in [6.07, 6.45) is 2.44. The SMILES string of the molecule is Cn1n[c]c(C#N)c1Cl. The van der Waals surface area contributed by atoms with Crippen molar-refractivity contribution in [3.63, 3.8) is 0 Å². The Morgan fingerprint density at radius 1 is 1.89 bits per heavy atom. The van der Waals surface area contributed by atoms with E-state index in [-0.39, 0.29) is 0 Å². The fraction of sp³-hybridized carbons (Fsp3) is 0.200. The Kier molecular flexibility index (Phi) is 1.41. The molecule has 0 aliphatic carbocycles. The molecule has 0 aliphatic rings. The lowest BCUT2D eigenvalue weighted by molar-refractivity contribution is 0.766. The molecule has 0 spiro atoms. The summed E-state index contributed by atoms with van der Waals surface area (Å²) < 4.78 is 1.39. The van der Waals surface area contributed by atoms with Crippen LogP contribution in [0, 0.1) is 17.5 Å². The molecule has 4 heteroatoms. The molecular weight excluding hydrogens is 138 g/mol. The lowest BCUT2D eigenvalue weighted by Crippen LogP contribution is -1.88. The van der Waals surface area contributed by atoms with Crippen molar-refractivity contribution in [3.05, 3.63) is 16.9 Å². The Labute approximate surface area is 57.5 Å². The molecule has 0 saturated heterocycles. The van der Waals surface area contributed by atoms with E-state index in [9.17, 15) is 0 Å². The van der Waals surface area contributed by atoms with Gasteiger partial charge in [0.05, 0.1) is 0 Å². The maximum absolute atomic E-state index is 8.31. The quantitative estimate of drug-likeness (QED) is 0.534. The molecule has 3 nitrogen and oxygen atoms in total. The molecule has 0 saturated carbocycles. The van der Waals surface area contributed by atoms with Gasteiger partial charge in [0, 0.05) is 7.05 Å². The van der Waals surface area contributed by atoms with E-state index in [2.05, 4.69) is 11.3 Å². The molecular formula is C5H3ClN3. The van der Waals surface area contributed by atoms with Crippen molar-refractivity contribution in [1.82, 2.24) is 9.78 Å². The van der Waals surface area contributed by atoms with Gasteiger partial charge >= 0.3 is 0 Å². The number of aryl methyl sites for hydroxylation is 1. The van der Waals surface area contributed by atoms with Crippen molar-refractivity contribution < 1.29 is 0 Å². The highest BCUT2D eigenvalue weighted by molar-refractivity contribution is 6.30. The van der Waals surface area contributed by atoms with Gasteiger partial charge in [-0.15, -0.1) is 0 Å². The third kappa shape index (κ3) is 0.889. The second-order valence-corrected chi connectivity index (χ2v) is 1.87. The number of rotatable bonds is 0. The van der Waals surface area contributed by atoms with E-state index in [1.807, 2.05) is 6.07 Å². The van der Waals surface area contributed by atoms with Crippen LogP contribution in [0.15, 0.2) is 0 Å². The van der Waals surface area contributed by atoms with Crippen LogP contribution in [-0.4, -0.2) is 9.78 Å². The van der Waals surface area contributed by atoms with Gasteiger partial charge in [-0.3, -0.25) is 4.68 Å². The van der Waals surface area contributed by atoms with Gasteiger partial charge in [-0.1, -0.05) is 11.6 Å². The van der Waals surface area contributed by atoms with Crippen LogP contribution < -0.4 is 0 Å². The average molecular weight is 141 g/mol. The Bertz CT molecular complexity index is 258. The van der Waals surface area contributed by atoms with Crippen molar-refractivity contribution in [2.45, 2.75) is 0 Å². The highest BCUT2D eigenvalue weighted by Crippen LogP contribution is 2.10. The zero-order valence-electron chi connectivity index (χ0n) is 4.72. The van der Waals surface area contributed by atoms with Crippen LogP contribution in [0.1, 0.15) is 5.56 Å².